The van der Waals surface area contributed by atoms with Crippen LogP contribution in [0.15, 0.2) is 36.8 Å². The Morgan fingerprint density at radius 2 is 2.23 bits per heavy atom. The van der Waals surface area contributed by atoms with Gasteiger partial charge in [0, 0.05) is 25.1 Å². The van der Waals surface area contributed by atoms with E-state index in [4.69, 9.17) is 5.73 Å². The highest BCUT2D eigenvalue weighted by Crippen LogP contribution is 2.08. The Bertz CT molecular complexity index is 587. The first-order valence-corrected chi connectivity index (χ1v) is 7.10. The molecule has 0 bridgehead atoms. The third-order valence-electron chi connectivity index (χ3n) is 3.58. The molecule has 0 fully saturated rings. The molecule has 0 saturated heterocycles. The monoisotopic (exact) mass is 323 g/mol. The number of hydrogen-bond donors (Lipinski definition) is 2. The van der Waals surface area contributed by atoms with E-state index >= 15 is 0 Å². The van der Waals surface area contributed by atoms with Crippen molar-refractivity contribution >= 4 is 18.3 Å². The average Bonchev–Trinajstić information content (AvgIpc) is 3.05. The molecule has 1 amide bonds. The molecule has 6 nitrogen and oxygen atoms in total. The molecular formula is C15H22ClN5O. The number of nitrogens with two attached hydrogens (primary N) is 1. The summed E-state index contributed by atoms with van der Waals surface area (Å²) in [6.07, 6.45) is 6.10. The number of halogens is 1. The van der Waals surface area contributed by atoms with Crippen LogP contribution < -0.4 is 11.1 Å². The van der Waals surface area contributed by atoms with E-state index in [1.54, 1.807) is 17.1 Å². The van der Waals surface area contributed by atoms with Crippen LogP contribution in [0.1, 0.15) is 25.8 Å². The lowest BCUT2D eigenvalue weighted by molar-refractivity contribution is -0.123. The van der Waals surface area contributed by atoms with E-state index in [9.17, 15) is 4.79 Å². The summed E-state index contributed by atoms with van der Waals surface area (Å²) in [5.74, 6) is 0.766. The number of nitrogens with zero attached hydrogens (tertiary/aromatic N) is 3. The molecule has 2 rings (SSSR count). The van der Waals surface area contributed by atoms with Gasteiger partial charge >= 0.3 is 0 Å². The van der Waals surface area contributed by atoms with Crippen LogP contribution in [0.3, 0.4) is 0 Å². The fourth-order valence-electron chi connectivity index (χ4n) is 1.92. The summed E-state index contributed by atoms with van der Waals surface area (Å²) in [4.78, 5) is 16.2. The zero-order chi connectivity index (χ0) is 15.2. The number of aromatic nitrogens is 3. The van der Waals surface area contributed by atoms with Crippen molar-refractivity contribution in [3.63, 3.8) is 0 Å². The van der Waals surface area contributed by atoms with E-state index in [0.29, 0.717) is 6.54 Å². The molecule has 0 aliphatic heterocycles. The summed E-state index contributed by atoms with van der Waals surface area (Å²) in [5.41, 5.74) is 6.86. The van der Waals surface area contributed by atoms with E-state index in [1.165, 1.54) is 0 Å². The number of nitrogens with one attached hydrogen (secondary N) is 1. The smallest absolute Gasteiger partial charge is 0.237 e. The van der Waals surface area contributed by atoms with Crippen LogP contribution in [0.5, 0.6) is 0 Å². The summed E-state index contributed by atoms with van der Waals surface area (Å²) in [7, 11) is 0. The van der Waals surface area contributed by atoms with E-state index in [-0.39, 0.29) is 24.2 Å². The van der Waals surface area contributed by atoms with Crippen molar-refractivity contribution in [2.24, 2.45) is 11.7 Å². The lowest BCUT2D eigenvalue weighted by atomic mass is 9.99. The molecule has 3 N–H and O–H groups in total. The van der Waals surface area contributed by atoms with Gasteiger partial charge in [0.15, 0.2) is 5.82 Å². The predicted octanol–water partition coefficient (Wildman–Crippen LogP) is 1.68. The topological polar surface area (TPSA) is 85.8 Å². The third-order valence-corrected chi connectivity index (χ3v) is 3.58. The van der Waals surface area contributed by atoms with Gasteiger partial charge in [-0.3, -0.25) is 4.79 Å². The van der Waals surface area contributed by atoms with Crippen molar-refractivity contribution in [2.45, 2.75) is 32.9 Å². The maximum atomic E-state index is 12.0. The standard InChI is InChI=1S/C15H21N5O.ClH/c1-3-11(2)14(16)15(21)18-10-12-5-7-17-13(9-12)20-8-4-6-19-20;/h4-9,11,14H,3,10,16H2,1-2H3,(H,18,21);1H. The zero-order valence-electron chi connectivity index (χ0n) is 12.8. The van der Waals surface area contributed by atoms with Crippen LogP contribution in [0.25, 0.3) is 5.82 Å². The van der Waals surface area contributed by atoms with Gasteiger partial charge in [-0.2, -0.15) is 5.10 Å². The average molecular weight is 324 g/mol. The number of amides is 1. The molecule has 2 aromatic heterocycles. The Hall–Kier alpha value is -1.92. The Kier molecular flexibility index (Phi) is 7.01. The summed E-state index contributed by atoms with van der Waals surface area (Å²) in [6, 6.07) is 5.12. The van der Waals surface area contributed by atoms with Gasteiger partial charge in [0.2, 0.25) is 5.91 Å². The number of pyridine rings is 1. The minimum absolute atomic E-state index is 0. The van der Waals surface area contributed by atoms with Crippen LogP contribution in [0, 0.1) is 5.92 Å². The molecule has 0 aromatic carbocycles. The Balaban J connectivity index is 0.00000242. The van der Waals surface area contributed by atoms with E-state index in [1.807, 2.05) is 38.2 Å². The maximum Gasteiger partial charge on any atom is 0.237 e. The molecule has 2 atom stereocenters. The Labute approximate surface area is 136 Å². The highest BCUT2D eigenvalue weighted by molar-refractivity contribution is 5.85. The van der Waals surface area contributed by atoms with Gasteiger partial charge in [0.05, 0.1) is 6.04 Å². The van der Waals surface area contributed by atoms with Gasteiger partial charge in [0.25, 0.3) is 0 Å². The van der Waals surface area contributed by atoms with Crippen LogP contribution >= 0.6 is 12.4 Å². The SMILES string of the molecule is CCC(C)C(N)C(=O)NCc1ccnc(-n2cccn2)c1.Cl. The van der Waals surface area contributed by atoms with Gasteiger partial charge in [0.1, 0.15) is 0 Å². The normalized spacial score (nSPS) is 13.0. The first-order chi connectivity index (χ1) is 10.1. The lowest BCUT2D eigenvalue weighted by Gasteiger charge is -2.17. The van der Waals surface area contributed by atoms with Gasteiger partial charge in [-0.25, -0.2) is 9.67 Å². The van der Waals surface area contributed by atoms with Crippen LogP contribution in [0.2, 0.25) is 0 Å². The number of carbonyl (C=O) groups is 1. The third kappa shape index (κ3) is 4.54. The second-order valence-electron chi connectivity index (χ2n) is 5.10. The first-order valence-electron chi connectivity index (χ1n) is 7.10. The fourth-order valence-corrected chi connectivity index (χ4v) is 1.92. The van der Waals surface area contributed by atoms with Crippen molar-refractivity contribution in [1.29, 1.82) is 0 Å². The molecule has 2 heterocycles. The van der Waals surface area contributed by atoms with E-state index < -0.39 is 6.04 Å². The molecule has 0 radical (unpaired) electrons. The van der Waals surface area contributed by atoms with Crippen molar-refractivity contribution < 1.29 is 4.79 Å². The molecule has 0 spiro atoms. The highest BCUT2D eigenvalue weighted by Gasteiger charge is 2.18. The van der Waals surface area contributed by atoms with Crippen molar-refractivity contribution in [3.05, 3.63) is 42.4 Å². The molecule has 22 heavy (non-hydrogen) atoms. The second kappa shape index (κ2) is 8.51. The molecule has 0 aliphatic carbocycles. The number of carbonyl (C=O) groups excluding carboxylic acids is 1. The largest absolute Gasteiger partial charge is 0.351 e. The minimum Gasteiger partial charge on any atom is -0.351 e. The van der Waals surface area contributed by atoms with Gasteiger partial charge in [-0.1, -0.05) is 20.3 Å². The van der Waals surface area contributed by atoms with E-state index in [0.717, 1.165) is 17.8 Å². The quantitative estimate of drug-likeness (QED) is 0.847. The van der Waals surface area contributed by atoms with Crippen molar-refractivity contribution in [1.82, 2.24) is 20.1 Å². The summed E-state index contributed by atoms with van der Waals surface area (Å²) in [5, 5.41) is 7.00. The fraction of sp³-hybridized carbons (Fsp3) is 0.400. The van der Waals surface area contributed by atoms with Gasteiger partial charge in [-0.05, 0) is 29.7 Å². The molecular weight excluding hydrogens is 302 g/mol. The molecule has 0 aliphatic rings. The minimum atomic E-state index is -0.470. The number of rotatable bonds is 6. The zero-order valence-corrected chi connectivity index (χ0v) is 13.6. The molecule has 2 aromatic rings. The lowest BCUT2D eigenvalue weighted by Crippen LogP contribution is -2.44. The second-order valence-corrected chi connectivity index (χ2v) is 5.10. The van der Waals surface area contributed by atoms with Crippen molar-refractivity contribution in [3.8, 4) is 5.82 Å². The Morgan fingerprint density at radius 1 is 1.45 bits per heavy atom. The molecule has 0 saturated carbocycles. The predicted molar refractivity (Wildman–Crippen MR) is 87.9 cm³/mol. The number of hydrogen-bond acceptors (Lipinski definition) is 4. The Morgan fingerprint density at radius 3 is 2.86 bits per heavy atom. The highest BCUT2D eigenvalue weighted by atomic mass is 35.5. The molecule has 120 valence electrons. The maximum absolute atomic E-state index is 12.0. The van der Waals surface area contributed by atoms with Crippen LogP contribution in [-0.4, -0.2) is 26.7 Å². The van der Waals surface area contributed by atoms with Crippen LogP contribution in [-0.2, 0) is 11.3 Å². The van der Waals surface area contributed by atoms with Gasteiger partial charge in [-0.15, -0.1) is 12.4 Å². The van der Waals surface area contributed by atoms with Crippen LogP contribution in [0.4, 0.5) is 0 Å². The van der Waals surface area contributed by atoms with Crippen molar-refractivity contribution in [2.75, 3.05) is 0 Å². The molecule has 2 unspecified atom stereocenters. The van der Waals surface area contributed by atoms with Gasteiger partial charge < -0.3 is 11.1 Å². The van der Waals surface area contributed by atoms with E-state index in [2.05, 4.69) is 15.4 Å². The first kappa shape index (κ1) is 18.1. The summed E-state index contributed by atoms with van der Waals surface area (Å²) < 4.78 is 1.68. The summed E-state index contributed by atoms with van der Waals surface area (Å²) in [6.45, 7) is 4.43. The molecule has 7 heteroatoms. The summed E-state index contributed by atoms with van der Waals surface area (Å²) >= 11 is 0.